The lowest BCUT2D eigenvalue weighted by Gasteiger charge is -2.29. The van der Waals surface area contributed by atoms with Crippen molar-refractivity contribution in [3.05, 3.63) is 46.5 Å². The molecule has 0 fully saturated rings. The topological polar surface area (TPSA) is 58.4 Å². The lowest BCUT2D eigenvalue weighted by molar-refractivity contribution is 0.0696. The minimum atomic E-state index is -0.924. The standard InChI is InChI=1S/C13H12BrN3O2/c14-11-7-9(1-2-10(11)13(18)19)17-6-5-16-4-3-15-12(16)8-17/h1-4,7H,5-6,8H2,(H,18,19). The summed E-state index contributed by atoms with van der Waals surface area (Å²) in [5, 5.41) is 9.01. The van der Waals surface area contributed by atoms with E-state index in [-0.39, 0.29) is 5.56 Å². The first-order valence-corrected chi connectivity index (χ1v) is 6.72. The van der Waals surface area contributed by atoms with Crippen LogP contribution in [0.1, 0.15) is 16.2 Å². The molecule has 0 saturated carbocycles. The van der Waals surface area contributed by atoms with E-state index in [1.165, 1.54) is 0 Å². The fourth-order valence-electron chi connectivity index (χ4n) is 2.27. The third kappa shape index (κ3) is 2.23. The van der Waals surface area contributed by atoms with Gasteiger partial charge in [0.25, 0.3) is 0 Å². The molecule has 3 rings (SSSR count). The number of nitrogens with zero attached hydrogens (tertiary/aromatic N) is 3. The van der Waals surface area contributed by atoms with Gasteiger partial charge in [-0.1, -0.05) is 0 Å². The summed E-state index contributed by atoms with van der Waals surface area (Å²) in [6, 6.07) is 5.32. The van der Waals surface area contributed by atoms with E-state index < -0.39 is 5.97 Å². The van der Waals surface area contributed by atoms with E-state index in [0.29, 0.717) is 4.47 Å². The zero-order chi connectivity index (χ0) is 13.4. The van der Waals surface area contributed by atoms with Gasteiger partial charge in [-0.3, -0.25) is 0 Å². The number of aromatic nitrogens is 2. The van der Waals surface area contributed by atoms with Crippen molar-refractivity contribution in [2.75, 3.05) is 11.4 Å². The van der Waals surface area contributed by atoms with E-state index in [1.807, 2.05) is 24.5 Å². The number of carbonyl (C=O) groups is 1. The molecule has 1 N–H and O–H groups in total. The molecule has 98 valence electrons. The molecule has 0 unspecified atom stereocenters. The Kier molecular flexibility index (Phi) is 3.02. The second-order valence-electron chi connectivity index (χ2n) is 4.43. The first-order valence-electron chi connectivity index (χ1n) is 5.93. The van der Waals surface area contributed by atoms with Gasteiger partial charge >= 0.3 is 5.97 Å². The number of fused-ring (bicyclic) bond motifs is 1. The molecule has 6 heteroatoms. The van der Waals surface area contributed by atoms with Gasteiger partial charge in [-0.25, -0.2) is 9.78 Å². The lowest BCUT2D eigenvalue weighted by Crippen LogP contribution is -2.33. The number of rotatable bonds is 2. The van der Waals surface area contributed by atoms with Crippen molar-refractivity contribution in [1.29, 1.82) is 0 Å². The molecular weight excluding hydrogens is 310 g/mol. The van der Waals surface area contributed by atoms with E-state index in [4.69, 9.17) is 5.11 Å². The average Bonchev–Trinajstić information content (AvgIpc) is 2.85. The number of halogens is 1. The van der Waals surface area contributed by atoms with Gasteiger partial charge in [0.2, 0.25) is 0 Å². The number of anilines is 1. The lowest BCUT2D eigenvalue weighted by atomic mass is 10.2. The van der Waals surface area contributed by atoms with Crippen LogP contribution in [-0.4, -0.2) is 27.2 Å². The molecule has 5 nitrogen and oxygen atoms in total. The summed E-state index contributed by atoms with van der Waals surface area (Å²) in [4.78, 5) is 17.5. The smallest absolute Gasteiger partial charge is 0.336 e. The van der Waals surface area contributed by atoms with Crippen LogP contribution in [0.5, 0.6) is 0 Å². The number of benzene rings is 1. The highest BCUT2D eigenvalue weighted by Gasteiger charge is 2.18. The van der Waals surface area contributed by atoms with Gasteiger partial charge in [0, 0.05) is 35.6 Å². The van der Waals surface area contributed by atoms with Crippen LogP contribution in [-0.2, 0) is 13.1 Å². The van der Waals surface area contributed by atoms with Crippen LogP contribution < -0.4 is 4.90 Å². The Balaban J connectivity index is 1.88. The van der Waals surface area contributed by atoms with Crippen molar-refractivity contribution in [2.45, 2.75) is 13.1 Å². The molecule has 1 aromatic heterocycles. The summed E-state index contributed by atoms with van der Waals surface area (Å²) in [5.74, 6) is 0.109. The number of imidazole rings is 1. The predicted octanol–water partition coefficient (Wildman–Crippen LogP) is 2.36. The monoisotopic (exact) mass is 321 g/mol. The quantitative estimate of drug-likeness (QED) is 0.922. The Morgan fingerprint density at radius 3 is 2.95 bits per heavy atom. The molecule has 1 aliphatic heterocycles. The van der Waals surface area contributed by atoms with Gasteiger partial charge < -0.3 is 14.6 Å². The normalized spacial score (nSPS) is 14.3. The highest BCUT2D eigenvalue weighted by Crippen LogP contribution is 2.26. The molecule has 0 amide bonds. The Morgan fingerprint density at radius 1 is 1.37 bits per heavy atom. The average molecular weight is 322 g/mol. The van der Waals surface area contributed by atoms with E-state index in [0.717, 1.165) is 31.1 Å². The minimum Gasteiger partial charge on any atom is -0.478 e. The van der Waals surface area contributed by atoms with Crippen LogP contribution in [0.2, 0.25) is 0 Å². The molecular formula is C13H12BrN3O2. The predicted molar refractivity (Wildman–Crippen MR) is 74.4 cm³/mol. The number of carboxylic acids is 1. The van der Waals surface area contributed by atoms with Gasteiger partial charge in [-0.15, -0.1) is 0 Å². The first-order chi connectivity index (χ1) is 9.15. The van der Waals surface area contributed by atoms with Crippen molar-refractivity contribution in [2.24, 2.45) is 0 Å². The van der Waals surface area contributed by atoms with Gasteiger partial charge in [0.15, 0.2) is 0 Å². The van der Waals surface area contributed by atoms with Gasteiger partial charge in [-0.05, 0) is 34.1 Å². The van der Waals surface area contributed by atoms with Crippen LogP contribution in [0.15, 0.2) is 35.1 Å². The molecule has 0 atom stereocenters. The molecule has 1 aromatic carbocycles. The van der Waals surface area contributed by atoms with Crippen molar-refractivity contribution in [3.63, 3.8) is 0 Å². The Bertz CT molecular complexity index is 639. The van der Waals surface area contributed by atoms with E-state index >= 15 is 0 Å². The van der Waals surface area contributed by atoms with Gasteiger partial charge in [0.05, 0.1) is 12.1 Å². The maximum absolute atomic E-state index is 11.0. The van der Waals surface area contributed by atoms with Gasteiger partial charge in [-0.2, -0.15) is 0 Å². The SMILES string of the molecule is O=C(O)c1ccc(N2CCn3ccnc3C2)cc1Br. The second kappa shape index (κ2) is 4.70. The molecule has 0 spiro atoms. The fourth-order valence-corrected chi connectivity index (χ4v) is 2.80. The highest BCUT2D eigenvalue weighted by molar-refractivity contribution is 9.10. The summed E-state index contributed by atoms with van der Waals surface area (Å²) in [7, 11) is 0. The summed E-state index contributed by atoms with van der Waals surface area (Å²) in [6.07, 6.45) is 3.79. The van der Waals surface area contributed by atoms with E-state index in [9.17, 15) is 4.79 Å². The van der Waals surface area contributed by atoms with Crippen LogP contribution in [0.25, 0.3) is 0 Å². The van der Waals surface area contributed by atoms with Crippen LogP contribution in [0.4, 0.5) is 5.69 Å². The Hall–Kier alpha value is -1.82. The third-order valence-corrected chi connectivity index (χ3v) is 3.95. The number of hydrogen-bond acceptors (Lipinski definition) is 3. The zero-order valence-corrected chi connectivity index (χ0v) is 11.7. The molecule has 0 saturated heterocycles. The van der Waals surface area contributed by atoms with Crippen molar-refractivity contribution in [3.8, 4) is 0 Å². The van der Waals surface area contributed by atoms with Crippen LogP contribution in [0, 0.1) is 0 Å². The first kappa shape index (κ1) is 12.2. The van der Waals surface area contributed by atoms with Crippen molar-refractivity contribution < 1.29 is 9.90 Å². The van der Waals surface area contributed by atoms with E-state index in [1.54, 1.807) is 6.07 Å². The van der Waals surface area contributed by atoms with Crippen LogP contribution in [0.3, 0.4) is 0 Å². The number of hydrogen-bond donors (Lipinski definition) is 1. The van der Waals surface area contributed by atoms with Crippen LogP contribution >= 0.6 is 15.9 Å². The third-order valence-electron chi connectivity index (χ3n) is 3.29. The highest BCUT2D eigenvalue weighted by atomic mass is 79.9. The van der Waals surface area contributed by atoms with Gasteiger partial charge in [0.1, 0.15) is 5.82 Å². The Morgan fingerprint density at radius 2 is 2.21 bits per heavy atom. The second-order valence-corrected chi connectivity index (χ2v) is 5.28. The maximum atomic E-state index is 11.0. The summed E-state index contributed by atoms with van der Waals surface area (Å²) < 4.78 is 2.74. The molecule has 2 aromatic rings. The summed E-state index contributed by atoms with van der Waals surface area (Å²) >= 11 is 3.31. The summed E-state index contributed by atoms with van der Waals surface area (Å²) in [6.45, 7) is 2.53. The molecule has 19 heavy (non-hydrogen) atoms. The zero-order valence-electron chi connectivity index (χ0n) is 10.1. The fraction of sp³-hybridized carbons (Fsp3) is 0.231. The van der Waals surface area contributed by atoms with Crippen molar-refractivity contribution in [1.82, 2.24) is 9.55 Å². The Labute approximate surface area is 118 Å². The maximum Gasteiger partial charge on any atom is 0.336 e. The number of aromatic carboxylic acids is 1. The molecule has 1 aliphatic rings. The summed E-state index contributed by atoms with van der Waals surface area (Å²) in [5.41, 5.74) is 1.29. The molecule has 0 aliphatic carbocycles. The van der Waals surface area contributed by atoms with E-state index in [2.05, 4.69) is 30.4 Å². The molecule has 0 radical (unpaired) electrons. The number of carboxylic acid groups (broad SMARTS) is 1. The minimum absolute atomic E-state index is 0.280. The largest absolute Gasteiger partial charge is 0.478 e. The molecule has 0 bridgehead atoms. The van der Waals surface area contributed by atoms with Crippen molar-refractivity contribution >= 4 is 27.6 Å². The molecule has 2 heterocycles.